The number of hydrogen-bond acceptors (Lipinski definition) is 4. The second-order valence-electron chi connectivity index (χ2n) is 5.95. The Morgan fingerprint density at radius 2 is 1.95 bits per heavy atom. The van der Waals surface area contributed by atoms with E-state index in [0.717, 1.165) is 11.3 Å². The van der Waals surface area contributed by atoms with Crippen molar-refractivity contribution in [3.05, 3.63) is 51.4 Å². The summed E-state index contributed by atoms with van der Waals surface area (Å²) in [6, 6.07) is 8.81. The SMILES string of the molecule is CC1(C)CC(=O)c2sc(=NC(=O)c3ccccc3)oc2C1. The number of nitrogens with zero attached hydrogens (tertiary/aromatic N) is 1. The molecule has 0 saturated heterocycles. The summed E-state index contributed by atoms with van der Waals surface area (Å²) < 4.78 is 5.61. The van der Waals surface area contributed by atoms with Crippen molar-refractivity contribution in [3.8, 4) is 0 Å². The first-order valence-corrected chi connectivity index (χ1v) is 7.56. The van der Waals surface area contributed by atoms with Crippen molar-refractivity contribution in [3.63, 3.8) is 0 Å². The number of carbonyl (C=O) groups excluding carboxylic acids is 2. The molecule has 1 aliphatic rings. The molecule has 0 aliphatic heterocycles. The van der Waals surface area contributed by atoms with Gasteiger partial charge in [0.15, 0.2) is 5.78 Å². The number of carbonyl (C=O) groups is 2. The highest BCUT2D eigenvalue weighted by Gasteiger charge is 2.34. The number of hydrogen-bond donors (Lipinski definition) is 0. The van der Waals surface area contributed by atoms with Gasteiger partial charge in [0.25, 0.3) is 10.8 Å². The van der Waals surface area contributed by atoms with Gasteiger partial charge >= 0.3 is 0 Å². The molecule has 0 fully saturated rings. The molecule has 1 heterocycles. The van der Waals surface area contributed by atoms with E-state index in [4.69, 9.17) is 4.42 Å². The maximum Gasteiger partial charge on any atom is 0.282 e. The molecule has 1 amide bonds. The van der Waals surface area contributed by atoms with Crippen molar-refractivity contribution < 1.29 is 14.0 Å². The Bertz CT molecular complexity index is 768. The summed E-state index contributed by atoms with van der Waals surface area (Å²) in [6.07, 6.45) is 1.20. The molecule has 21 heavy (non-hydrogen) atoms. The molecule has 3 rings (SSSR count). The lowest BCUT2D eigenvalue weighted by atomic mass is 9.78. The quantitative estimate of drug-likeness (QED) is 0.812. The van der Waals surface area contributed by atoms with Crippen LogP contribution in [0.2, 0.25) is 0 Å². The summed E-state index contributed by atoms with van der Waals surface area (Å²) in [5.41, 5.74) is 0.403. The van der Waals surface area contributed by atoms with Crippen LogP contribution in [0.15, 0.2) is 39.7 Å². The molecule has 1 aromatic heterocycles. The predicted molar refractivity (Wildman–Crippen MR) is 79.4 cm³/mol. The monoisotopic (exact) mass is 301 g/mol. The Hall–Kier alpha value is -2.01. The van der Waals surface area contributed by atoms with Gasteiger partial charge in [0, 0.05) is 18.4 Å². The minimum atomic E-state index is -0.357. The Morgan fingerprint density at radius 3 is 2.67 bits per heavy atom. The Kier molecular flexibility index (Phi) is 3.37. The van der Waals surface area contributed by atoms with Crippen LogP contribution in [0.3, 0.4) is 0 Å². The van der Waals surface area contributed by atoms with Crippen LogP contribution in [0.25, 0.3) is 0 Å². The highest BCUT2D eigenvalue weighted by atomic mass is 32.1. The number of ketones is 1. The molecule has 0 unspecified atom stereocenters. The predicted octanol–water partition coefficient (Wildman–Crippen LogP) is 3.24. The van der Waals surface area contributed by atoms with Gasteiger partial charge in [-0.15, -0.1) is 0 Å². The van der Waals surface area contributed by atoms with E-state index in [1.54, 1.807) is 24.3 Å². The van der Waals surface area contributed by atoms with Gasteiger partial charge in [0.05, 0.1) is 0 Å². The molecule has 0 radical (unpaired) electrons. The van der Waals surface area contributed by atoms with E-state index in [9.17, 15) is 9.59 Å². The Morgan fingerprint density at radius 1 is 1.24 bits per heavy atom. The molecule has 0 bridgehead atoms. The fraction of sp³-hybridized carbons (Fsp3) is 0.312. The lowest BCUT2D eigenvalue weighted by molar-refractivity contribution is 0.0906. The van der Waals surface area contributed by atoms with Gasteiger partial charge < -0.3 is 4.42 Å². The first-order valence-electron chi connectivity index (χ1n) is 6.75. The van der Waals surface area contributed by atoms with Gasteiger partial charge in [0.1, 0.15) is 10.6 Å². The van der Waals surface area contributed by atoms with Gasteiger partial charge in [-0.05, 0) is 17.5 Å². The molecule has 108 valence electrons. The molecular weight excluding hydrogens is 286 g/mol. The maximum atomic E-state index is 12.1. The van der Waals surface area contributed by atoms with E-state index < -0.39 is 0 Å². The van der Waals surface area contributed by atoms with Crippen LogP contribution in [-0.4, -0.2) is 11.7 Å². The van der Waals surface area contributed by atoms with Gasteiger partial charge in [-0.3, -0.25) is 9.59 Å². The Balaban J connectivity index is 1.97. The third-order valence-corrected chi connectivity index (χ3v) is 4.41. The van der Waals surface area contributed by atoms with E-state index in [-0.39, 0.29) is 22.0 Å². The second kappa shape index (κ2) is 5.07. The average Bonchev–Trinajstić information content (AvgIpc) is 2.81. The van der Waals surface area contributed by atoms with E-state index >= 15 is 0 Å². The fourth-order valence-corrected chi connectivity index (χ4v) is 3.29. The molecule has 1 aliphatic carbocycles. The molecule has 0 atom stereocenters. The standard InChI is InChI=1S/C16H15NO3S/c1-16(2)8-11(18)13-12(9-16)20-15(21-13)17-14(19)10-6-4-3-5-7-10/h3-7H,8-9H2,1-2H3. The number of amides is 1. The summed E-state index contributed by atoms with van der Waals surface area (Å²) >= 11 is 1.16. The largest absolute Gasteiger partial charge is 0.434 e. The van der Waals surface area contributed by atoms with E-state index in [2.05, 4.69) is 4.99 Å². The van der Waals surface area contributed by atoms with E-state index in [1.807, 2.05) is 19.9 Å². The van der Waals surface area contributed by atoms with Crippen LogP contribution in [0.4, 0.5) is 0 Å². The molecule has 0 N–H and O–H groups in total. The first kappa shape index (κ1) is 13.9. The highest BCUT2D eigenvalue weighted by Crippen LogP contribution is 2.35. The summed E-state index contributed by atoms with van der Waals surface area (Å²) in [5, 5.41) is 0. The van der Waals surface area contributed by atoms with Crippen LogP contribution in [0.1, 0.15) is 46.1 Å². The molecule has 4 nitrogen and oxygen atoms in total. The third kappa shape index (κ3) is 2.88. The van der Waals surface area contributed by atoms with Crippen molar-refractivity contribution in [1.29, 1.82) is 0 Å². The van der Waals surface area contributed by atoms with Crippen LogP contribution >= 0.6 is 11.3 Å². The van der Waals surface area contributed by atoms with Gasteiger partial charge in [-0.25, -0.2) is 0 Å². The lowest BCUT2D eigenvalue weighted by Crippen LogP contribution is -2.25. The third-order valence-electron chi connectivity index (χ3n) is 3.40. The first-order chi connectivity index (χ1) is 9.94. The van der Waals surface area contributed by atoms with Gasteiger partial charge in [0.2, 0.25) is 0 Å². The van der Waals surface area contributed by atoms with E-state index in [1.165, 1.54) is 0 Å². The zero-order chi connectivity index (χ0) is 15.0. The van der Waals surface area contributed by atoms with Crippen LogP contribution in [0, 0.1) is 5.41 Å². The Labute approximate surface area is 126 Å². The van der Waals surface area contributed by atoms with Crippen LogP contribution < -0.4 is 4.87 Å². The molecule has 5 heteroatoms. The number of fused-ring (bicyclic) bond motifs is 1. The van der Waals surface area contributed by atoms with E-state index in [0.29, 0.717) is 29.0 Å². The van der Waals surface area contributed by atoms with Crippen LogP contribution in [0.5, 0.6) is 0 Å². The topological polar surface area (TPSA) is 59.6 Å². The van der Waals surface area contributed by atoms with Gasteiger partial charge in [-0.2, -0.15) is 4.99 Å². The fourth-order valence-electron chi connectivity index (χ4n) is 2.43. The zero-order valence-electron chi connectivity index (χ0n) is 11.9. The summed E-state index contributed by atoms with van der Waals surface area (Å²) in [7, 11) is 0. The van der Waals surface area contributed by atoms with Crippen molar-refractivity contribution >= 4 is 23.0 Å². The van der Waals surface area contributed by atoms with Crippen molar-refractivity contribution in [2.75, 3.05) is 0 Å². The van der Waals surface area contributed by atoms with Crippen molar-refractivity contribution in [2.24, 2.45) is 10.4 Å². The normalized spacial score (nSPS) is 17.6. The zero-order valence-corrected chi connectivity index (χ0v) is 12.7. The minimum absolute atomic E-state index is 0.0728. The van der Waals surface area contributed by atoms with Crippen molar-refractivity contribution in [1.82, 2.24) is 0 Å². The van der Waals surface area contributed by atoms with Gasteiger partial charge in [-0.1, -0.05) is 43.4 Å². The second-order valence-corrected chi connectivity index (χ2v) is 6.91. The number of Topliss-reactive ketones (excluding diaryl/α,β-unsaturated/α-hetero) is 1. The molecule has 0 saturated carbocycles. The molecule has 0 spiro atoms. The van der Waals surface area contributed by atoms with Crippen molar-refractivity contribution in [2.45, 2.75) is 26.7 Å². The lowest BCUT2D eigenvalue weighted by Gasteiger charge is -2.26. The smallest absolute Gasteiger partial charge is 0.282 e. The highest BCUT2D eigenvalue weighted by molar-refractivity contribution is 7.11. The maximum absolute atomic E-state index is 12.1. The molecule has 1 aromatic carbocycles. The summed E-state index contributed by atoms with van der Waals surface area (Å²) in [6.45, 7) is 4.07. The average molecular weight is 301 g/mol. The molecular formula is C16H15NO3S. The summed E-state index contributed by atoms with van der Waals surface area (Å²) in [4.78, 5) is 29.0. The number of benzene rings is 1. The minimum Gasteiger partial charge on any atom is -0.434 e. The summed E-state index contributed by atoms with van der Waals surface area (Å²) in [5.74, 6) is 0.370. The number of rotatable bonds is 1. The molecule has 2 aromatic rings. The van der Waals surface area contributed by atoms with Crippen LogP contribution in [-0.2, 0) is 6.42 Å².